The van der Waals surface area contributed by atoms with Gasteiger partial charge in [0, 0.05) is 44.9 Å². The number of para-hydroxylation sites is 2. The van der Waals surface area contributed by atoms with Crippen molar-refractivity contribution >= 4 is 79.0 Å². The standard InChI is InChI=1S/C67H43BN4/c69-44-53-24-15-26-58-57-25-13-14-27-61(57)72(67(53)58)56-42-64-66-65(43-56)71(55-36-30-50(31-37-55)46-18-7-2-8-19-46)63-39-33-52(48-22-11-4-12-23-48)41-60(63)68(66)59-40-51(47-20-9-3-10-21-47)32-38-62(59)70(64)54-34-28-49(29-35-54)45-16-5-1-6-17-45/h1-43H. The summed E-state index contributed by atoms with van der Waals surface area (Å²) < 4.78 is 2.32. The third kappa shape index (κ3) is 6.62. The minimum atomic E-state index is -0.145. The molecule has 0 bridgehead atoms. The van der Waals surface area contributed by atoms with Crippen molar-refractivity contribution in [3.63, 3.8) is 0 Å². The van der Waals surface area contributed by atoms with E-state index in [9.17, 15) is 5.26 Å². The number of anilines is 6. The van der Waals surface area contributed by atoms with E-state index >= 15 is 0 Å². The van der Waals surface area contributed by atoms with Gasteiger partial charge in [0.05, 0.1) is 22.3 Å². The van der Waals surface area contributed by atoms with Gasteiger partial charge in [0.15, 0.2) is 0 Å². The Morgan fingerprint density at radius 1 is 0.319 bits per heavy atom. The van der Waals surface area contributed by atoms with Crippen molar-refractivity contribution in [2.45, 2.75) is 0 Å². The highest BCUT2D eigenvalue weighted by atomic mass is 15.2. The second kappa shape index (κ2) is 16.8. The molecule has 0 radical (unpaired) electrons. The Labute approximate surface area is 419 Å². The molecule has 1 aromatic heterocycles. The monoisotopic (exact) mass is 914 g/mol. The SMILES string of the molecule is N#Cc1cccc2c3ccccc3n(-c3cc4c5c(c3)N(c3ccc(-c6ccccc6)cc3)c3ccc(-c6ccccc6)cc3B5c3cc(-c5ccccc5)ccc3N4c3ccc(-c4ccccc4)cc3)c12. The zero-order valence-corrected chi connectivity index (χ0v) is 39.2. The summed E-state index contributed by atoms with van der Waals surface area (Å²) in [6.45, 7) is -0.145. The summed E-state index contributed by atoms with van der Waals surface area (Å²) in [5.74, 6) is 0. The molecule has 0 saturated heterocycles. The summed E-state index contributed by atoms with van der Waals surface area (Å²) in [4.78, 5) is 4.97. The quantitative estimate of drug-likeness (QED) is 0.149. The van der Waals surface area contributed by atoms with Crippen molar-refractivity contribution in [3.05, 3.63) is 266 Å². The van der Waals surface area contributed by atoms with E-state index < -0.39 is 0 Å². The molecule has 3 heterocycles. The van der Waals surface area contributed by atoms with Crippen molar-refractivity contribution in [3.8, 4) is 56.3 Å². The van der Waals surface area contributed by atoms with Gasteiger partial charge in [0.2, 0.25) is 0 Å². The molecule has 72 heavy (non-hydrogen) atoms. The normalized spacial score (nSPS) is 12.3. The van der Waals surface area contributed by atoms with Gasteiger partial charge in [-0.2, -0.15) is 5.26 Å². The lowest BCUT2D eigenvalue weighted by atomic mass is 9.33. The zero-order chi connectivity index (χ0) is 47.7. The Morgan fingerprint density at radius 2 is 0.722 bits per heavy atom. The molecule has 0 fully saturated rings. The molecule has 4 nitrogen and oxygen atoms in total. The van der Waals surface area contributed by atoms with Crippen molar-refractivity contribution in [2.24, 2.45) is 0 Å². The molecule has 5 heteroatoms. The Bertz CT molecular complexity index is 3890. The minimum absolute atomic E-state index is 0.145. The molecule has 2 aliphatic rings. The van der Waals surface area contributed by atoms with Crippen molar-refractivity contribution < 1.29 is 0 Å². The number of aromatic nitrogens is 1. The van der Waals surface area contributed by atoms with Crippen LogP contribution in [0.1, 0.15) is 5.56 Å². The molecule has 334 valence electrons. The number of hydrogen-bond acceptors (Lipinski definition) is 3. The summed E-state index contributed by atoms with van der Waals surface area (Å²) in [6.07, 6.45) is 0. The largest absolute Gasteiger partial charge is 0.311 e. The topological polar surface area (TPSA) is 35.2 Å². The van der Waals surface area contributed by atoms with Crippen LogP contribution in [-0.4, -0.2) is 11.3 Å². The molecule has 14 rings (SSSR count). The molecular weight excluding hydrogens is 872 g/mol. The van der Waals surface area contributed by atoms with E-state index in [1.54, 1.807) is 0 Å². The van der Waals surface area contributed by atoms with Crippen LogP contribution in [0.2, 0.25) is 0 Å². The molecule has 0 saturated carbocycles. The van der Waals surface area contributed by atoms with E-state index in [2.05, 4.69) is 269 Å². The highest BCUT2D eigenvalue weighted by molar-refractivity contribution is 7.00. The third-order valence-electron chi connectivity index (χ3n) is 14.8. The van der Waals surface area contributed by atoms with Crippen LogP contribution in [0.5, 0.6) is 0 Å². The maximum absolute atomic E-state index is 10.8. The smallest absolute Gasteiger partial charge is 0.252 e. The van der Waals surface area contributed by atoms with Crippen LogP contribution in [0.25, 0.3) is 72.0 Å². The predicted octanol–water partition coefficient (Wildman–Crippen LogP) is 15.4. The Hall–Kier alpha value is -9.63. The average Bonchev–Trinajstić information content (AvgIpc) is 3.80. The highest BCUT2D eigenvalue weighted by Gasteiger charge is 2.44. The van der Waals surface area contributed by atoms with Crippen LogP contribution >= 0.6 is 0 Å². The first-order valence-corrected chi connectivity index (χ1v) is 24.6. The van der Waals surface area contributed by atoms with Gasteiger partial charge in [-0.1, -0.05) is 200 Å². The van der Waals surface area contributed by atoms with Crippen LogP contribution < -0.4 is 26.2 Å². The van der Waals surface area contributed by atoms with Gasteiger partial charge in [-0.3, -0.25) is 0 Å². The van der Waals surface area contributed by atoms with Crippen molar-refractivity contribution in [2.75, 3.05) is 9.80 Å². The van der Waals surface area contributed by atoms with Gasteiger partial charge in [-0.05, 0) is 122 Å². The Kier molecular flexibility index (Phi) is 9.65. The Balaban J connectivity index is 1.10. The number of hydrogen-bond donors (Lipinski definition) is 0. The van der Waals surface area contributed by atoms with E-state index in [1.807, 2.05) is 12.1 Å². The van der Waals surface area contributed by atoms with Gasteiger partial charge in [0.1, 0.15) is 6.07 Å². The molecule has 0 amide bonds. The average molecular weight is 915 g/mol. The molecule has 0 N–H and O–H groups in total. The number of fused-ring (bicyclic) bond motifs is 7. The minimum Gasteiger partial charge on any atom is -0.311 e. The van der Waals surface area contributed by atoms with E-state index in [0.29, 0.717) is 5.56 Å². The first-order valence-electron chi connectivity index (χ1n) is 24.6. The molecule has 11 aromatic carbocycles. The number of rotatable bonds is 7. The first kappa shape index (κ1) is 41.4. The highest BCUT2D eigenvalue weighted by Crippen LogP contribution is 2.48. The van der Waals surface area contributed by atoms with Gasteiger partial charge in [0.25, 0.3) is 6.71 Å². The number of benzene rings is 11. The number of nitrogens with zero attached hydrogens (tertiary/aromatic N) is 4. The maximum atomic E-state index is 10.8. The fourth-order valence-electron chi connectivity index (χ4n) is 11.5. The van der Waals surface area contributed by atoms with Crippen LogP contribution in [0, 0.1) is 11.3 Å². The van der Waals surface area contributed by atoms with Gasteiger partial charge in [-0.25, -0.2) is 0 Å². The lowest BCUT2D eigenvalue weighted by Crippen LogP contribution is -2.61. The molecule has 12 aromatic rings. The second-order valence-electron chi connectivity index (χ2n) is 18.8. The number of nitriles is 1. The van der Waals surface area contributed by atoms with Crippen molar-refractivity contribution in [1.82, 2.24) is 4.57 Å². The van der Waals surface area contributed by atoms with E-state index in [-0.39, 0.29) is 6.71 Å². The van der Waals surface area contributed by atoms with Crippen LogP contribution in [0.3, 0.4) is 0 Å². The van der Waals surface area contributed by atoms with Gasteiger partial charge in [-0.15, -0.1) is 0 Å². The van der Waals surface area contributed by atoms with Gasteiger partial charge < -0.3 is 14.4 Å². The molecule has 0 aliphatic carbocycles. The summed E-state index contributed by atoms with van der Waals surface area (Å²) in [5.41, 5.74) is 23.1. The first-order chi connectivity index (χ1) is 35.7. The fourth-order valence-corrected chi connectivity index (χ4v) is 11.5. The molecule has 0 spiro atoms. The summed E-state index contributed by atoms with van der Waals surface area (Å²) in [6, 6.07) is 96.9. The summed E-state index contributed by atoms with van der Waals surface area (Å²) in [5, 5.41) is 13.0. The summed E-state index contributed by atoms with van der Waals surface area (Å²) in [7, 11) is 0. The van der Waals surface area contributed by atoms with Crippen LogP contribution in [0.4, 0.5) is 34.1 Å². The third-order valence-corrected chi connectivity index (χ3v) is 14.8. The maximum Gasteiger partial charge on any atom is 0.252 e. The molecule has 2 aliphatic heterocycles. The van der Waals surface area contributed by atoms with E-state index in [1.165, 1.54) is 49.8 Å². The molecular formula is C67H43BN4. The fraction of sp³-hybridized carbons (Fsp3) is 0. The predicted molar refractivity (Wildman–Crippen MR) is 301 cm³/mol. The zero-order valence-electron chi connectivity index (χ0n) is 39.2. The second-order valence-corrected chi connectivity index (χ2v) is 18.8. The van der Waals surface area contributed by atoms with Gasteiger partial charge >= 0.3 is 0 Å². The lowest BCUT2D eigenvalue weighted by Gasteiger charge is -2.44. The lowest BCUT2D eigenvalue weighted by molar-refractivity contribution is 1.16. The van der Waals surface area contributed by atoms with E-state index in [4.69, 9.17) is 0 Å². The Morgan fingerprint density at radius 3 is 1.19 bits per heavy atom. The van der Waals surface area contributed by atoms with Crippen molar-refractivity contribution in [1.29, 1.82) is 5.26 Å². The van der Waals surface area contributed by atoms with E-state index in [0.717, 1.165) is 72.7 Å². The summed E-state index contributed by atoms with van der Waals surface area (Å²) >= 11 is 0. The molecule has 0 unspecified atom stereocenters. The molecule has 0 atom stereocenters. The van der Waals surface area contributed by atoms with Crippen LogP contribution in [0.15, 0.2) is 261 Å². The van der Waals surface area contributed by atoms with Crippen LogP contribution in [-0.2, 0) is 0 Å².